The molecule has 3 nitrogen and oxygen atoms in total. The Labute approximate surface area is 345 Å². The highest BCUT2D eigenvalue weighted by atomic mass is 28.4. The maximum absolute atomic E-state index is 13.5. The Morgan fingerprint density at radius 3 is 1.88 bits per heavy atom. The van der Waals surface area contributed by atoms with Crippen LogP contribution in [0, 0.1) is 16.7 Å². The fraction of sp³-hybridized carbons (Fsp3) is 0.588. The summed E-state index contributed by atoms with van der Waals surface area (Å²) in [4.78, 5) is 13.5. The average Bonchev–Trinajstić information content (AvgIpc) is 3.77. The van der Waals surface area contributed by atoms with E-state index in [1.807, 2.05) is 0 Å². The molecule has 2 saturated carbocycles. The van der Waals surface area contributed by atoms with Crippen LogP contribution >= 0.6 is 0 Å². The van der Waals surface area contributed by atoms with Crippen LogP contribution in [-0.2, 0) is 13.6 Å². The number of hydrogen-bond donors (Lipinski definition) is 0. The molecule has 2 aliphatic carbocycles. The first-order valence-corrected chi connectivity index (χ1v) is 26.5. The number of rotatable bonds is 19. The maximum atomic E-state index is 13.5. The molecule has 0 unspecified atom stereocenters. The highest BCUT2D eigenvalue weighted by Crippen LogP contribution is 2.74. The lowest BCUT2D eigenvalue weighted by molar-refractivity contribution is -0.129. The number of hydrogen-bond acceptors (Lipinski definition) is 3. The third-order valence-electron chi connectivity index (χ3n) is 14.1. The molecule has 0 aliphatic heterocycles. The van der Waals surface area contributed by atoms with Crippen molar-refractivity contribution in [2.45, 2.75) is 164 Å². The largest absolute Gasteiger partial charge is 0.413 e. The summed E-state index contributed by atoms with van der Waals surface area (Å²) in [5.41, 5.74) is 5.61. The zero-order valence-corrected chi connectivity index (χ0v) is 39.9. The molecule has 0 saturated heterocycles. The van der Waals surface area contributed by atoms with Crippen molar-refractivity contribution in [3.8, 4) is 0 Å². The minimum atomic E-state index is -2.62. The lowest BCUT2D eigenvalue weighted by Crippen LogP contribution is -2.66. The number of allylic oxidation sites excluding steroid dienone is 6. The lowest BCUT2D eigenvalue weighted by atomic mass is 9.69. The summed E-state index contributed by atoms with van der Waals surface area (Å²) in [5.74, 6) is 1.10. The van der Waals surface area contributed by atoms with E-state index in [-0.39, 0.29) is 20.9 Å². The monoisotopic (exact) mass is 795 g/mol. The van der Waals surface area contributed by atoms with E-state index < -0.39 is 16.6 Å². The molecule has 0 aromatic heterocycles. The van der Waals surface area contributed by atoms with Gasteiger partial charge in [0, 0.05) is 11.8 Å². The molecule has 0 N–H and O–H groups in total. The molecular formula is C51H78O3Si2. The van der Waals surface area contributed by atoms with Crippen LogP contribution in [0.5, 0.6) is 0 Å². The highest BCUT2D eigenvalue weighted by molar-refractivity contribution is 6.99. The van der Waals surface area contributed by atoms with Crippen molar-refractivity contribution in [3.05, 3.63) is 107 Å². The SMILES string of the molecule is CC(C)=CCC/C(=C/CC/C(C)=C/C[C@@H]1CCC(=O)[C@]2(CC/C(C)=C/CO[Si](C)(C)C(C)(C)C)C[C@]12C)CO[Si](c1ccccc1)(c1ccccc1)C(C)(C)C. The maximum Gasteiger partial charge on any atom is 0.261 e. The molecule has 0 bridgehead atoms. The normalized spacial score (nSPS) is 22.6. The molecule has 0 spiro atoms. The Balaban J connectivity index is 1.41. The van der Waals surface area contributed by atoms with Crippen molar-refractivity contribution in [1.82, 2.24) is 0 Å². The van der Waals surface area contributed by atoms with Gasteiger partial charge >= 0.3 is 0 Å². The molecule has 56 heavy (non-hydrogen) atoms. The number of carbonyl (C=O) groups is 1. The second-order valence-electron chi connectivity index (χ2n) is 20.4. The topological polar surface area (TPSA) is 35.5 Å². The van der Waals surface area contributed by atoms with Crippen LogP contribution in [-0.4, -0.2) is 35.6 Å². The van der Waals surface area contributed by atoms with Crippen LogP contribution in [0.4, 0.5) is 0 Å². The van der Waals surface area contributed by atoms with Crippen molar-refractivity contribution in [2.75, 3.05) is 13.2 Å². The van der Waals surface area contributed by atoms with Gasteiger partial charge in [-0.1, -0.05) is 150 Å². The second-order valence-corrected chi connectivity index (χ2v) is 29.5. The summed E-state index contributed by atoms with van der Waals surface area (Å²) >= 11 is 0. The number of ketones is 1. The third-order valence-corrected chi connectivity index (χ3v) is 23.5. The van der Waals surface area contributed by atoms with Crippen molar-refractivity contribution >= 4 is 32.8 Å². The number of benzene rings is 2. The Morgan fingerprint density at radius 2 is 1.32 bits per heavy atom. The van der Waals surface area contributed by atoms with Crippen LogP contribution in [0.25, 0.3) is 0 Å². The number of fused-ring (bicyclic) bond motifs is 1. The van der Waals surface area contributed by atoms with Crippen molar-refractivity contribution in [3.63, 3.8) is 0 Å². The molecule has 2 fully saturated rings. The van der Waals surface area contributed by atoms with E-state index in [1.165, 1.54) is 32.7 Å². The molecule has 2 aromatic rings. The van der Waals surface area contributed by atoms with Gasteiger partial charge in [-0.15, -0.1) is 0 Å². The van der Waals surface area contributed by atoms with Gasteiger partial charge in [-0.2, -0.15) is 0 Å². The second kappa shape index (κ2) is 19.0. The zero-order chi connectivity index (χ0) is 41.4. The minimum absolute atomic E-state index is 0.0469. The first-order valence-electron chi connectivity index (χ1n) is 21.7. The van der Waals surface area contributed by atoms with Gasteiger partial charge in [-0.05, 0) is 136 Å². The van der Waals surface area contributed by atoms with Crippen molar-refractivity contribution < 1.29 is 13.6 Å². The van der Waals surface area contributed by atoms with E-state index in [9.17, 15) is 4.79 Å². The number of carbonyl (C=O) groups excluding carboxylic acids is 1. The average molecular weight is 795 g/mol. The predicted octanol–water partition coefficient (Wildman–Crippen LogP) is 13.5. The van der Waals surface area contributed by atoms with E-state index in [4.69, 9.17) is 8.85 Å². The van der Waals surface area contributed by atoms with Crippen LogP contribution in [0.1, 0.15) is 140 Å². The standard InChI is InChI=1S/C51H78O3Si2/c1-40(2)22-20-24-43(38-54-56(49(8,9)10,45-26-16-14-17-27-45)46-28-18-15-19-29-46)25-21-23-41(3)30-31-44-32-33-47(52)51(39-50(44,51)11)36-34-42(4)35-37-53-55(12,13)48(5,6)7/h14-19,22,25-30,35,44H,20-21,23-24,31-34,36-39H2,1-13H3/b41-30+,42-35+,43-25-/t44-,50-,51+/m1/s1. The van der Waals surface area contributed by atoms with Gasteiger partial charge in [0.1, 0.15) is 5.78 Å². The van der Waals surface area contributed by atoms with Gasteiger partial charge in [0.05, 0.1) is 13.2 Å². The fourth-order valence-corrected chi connectivity index (χ4v) is 14.6. The first kappa shape index (κ1) is 46.1. The Morgan fingerprint density at radius 1 is 0.750 bits per heavy atom. The van der Waals surface area contributed by atoms with Crippen LogP contribution in [0.15, 0.2) is 107 Å². The molecule has 0 amide bonds. The van der Waals surface area contributed by atoms with Crippen LogP contribution < -0.4 is 10.4 Å². The molecule has 2 aromatic carbocycles. The molecule has 0 heterocycles. The molecule has 308 valence electrons. The molecule has 5 heteroatoms. The summed E-state index contributed by atoms with van der Waals surface area (Å²) in [6.45, 7) is 31.3. The van der Waals surface area contributed by atoms with E-state index in [1.54, 1.807) is 0 Å². The summed E-state index contributed by atoms with van der Waals surface area (Å²) in [7, 11) is -4.38. The Hall–Kier alpha value is -2.58. The van der Waals surface area contributed by atoms with E-state index in [0.29, 0.717) is 24.9 Å². The Bertz CT molecular complexity index is 1680. The first-order chi connectivity index (χ1) is 26.2. The van der Waals surface area contributed by atoms with Crippen LogP contribution in [0.3, 0.4) is 0 Å². The quantitative estimate of drug-likeness (QED) is 0.105. The molecule has 4 rings (SSSR count). The van der Waals surface area contributed by atoms with E-state index >= 15 is 0 Å². The molecule has 3 atom stereocenters. The summed E-state index contributed by atoms with van der Waals surface area (Å²) in [5, 5.41) is 2.83. The Kier molecular flexibility index (Phi) is 15.6. The van der Waals surface area contributed by atoms with E-state index in [0.717, 1.165) is 64.2 Å². The smallest absolute Gasteiger partial charge is 0.261 e. The zero-order valence-electron chi connectivity index (χ0n) is 37.9. The van der Waals surface area contributed by atoms with E-state index in [2.05, 4.69) is 174 Å². The molecule has 0 radical (unpaired) electrons. The molecular weight excluding hydrogens is 717 g/mol. The fourth-order valence-electron chi connectivity index (χ4n) is 9.10. The highest BCUT2D eigenvalue weighted by Gasteiger charge is 2.71. The predicted molar refractivity (Wildman–Crippen MR) is 247 cm³/mol. The summed E-state index contributed by atoms with van der Waals surface area (Å²) < 4.78 is 13.8. The molecule has 2 aliphatic rings. The van der Waals surface area contributed by atoms with Gasteiger partial charge in [-0.25, -0.2) is 0 Å². The van der Waals surface area contributed by atoms with Crippen LogP contribution in [0.2, 0.25) is 23.2 Å². The third kappa shape index (κ3) is 10.9. The van der Waals surface area contributed by atoms with Gasteiger partial charge in [0.2, 0.25) is 0 Å². The summed E-state index contributed by atoms with van der Waals surface area (Å²) in [6, 6.07) is 22.0. The van der Waals surface area contributed by atoms with Crippen molar-refractivity contribution in [1.29, 1.82) is 0 Å². The lowest BCUT2D eigenvalue weighted by Gasteiger charge is -2.43. The number of Topliss-reactive ketones (excluding diaryl/α,β-unsaturated/α-hetero) is 1. The van der Waals surface area contributed by atoms with Gasteiger partial charge in [-0.3, -0.25) is 4.79 Å². The van der Waals surface area contributed by atoms with Gasteiger partial charge in [0.15, 0.2) is 8.32 Å². The van der Waals surface area contributed by atoms with Gasteiger partial charge < -0.3 is 8.85 Å². The minimum Gasteiger partial charge on any atom is -0.413 e. The van der Waals surface area contributed by atoms with Gasteiger partial charge in [0.25, 0.3) is 8.32 Å². The van der Waals surface area contributed by atoms with Crippen molar-refractivity contribution in [2.24, 2.45) is 16.7 Å². The summed E-state index contributed by atoms with van der Waals surface area (Å²) in [6.07, 6.45) is 19.6.